The number of nitrogens with zero attached hydrogens (tertiary/aromatic N) is 1. The number of nitrogens with one attached hydrogen (secondary N) is 1. The van der Waals surface area contributed by atoms with Crippen LogP contribution in [0, 0.1) is 0 Å². The van der Waals surface area contributed by atoms with Crippen LogP contribution in [-0.2, 0) is 21.2 Å². The van der Waals surface area contributed by atoms with Crippen molar-refractivity contribution in [1.29, 1.82) is 0 Å². The van der Waals surface area contributed by atoms with Crippen LogP contribution in [0.5, 0.6) is 11.5 Å². The Hall–Kier alpha value is -3.23. The normalized spacial score (nSPS) is 11.0. The van der Waals surface area contributed by atoms with Crippen molar-refractivity contribution in [3.8, 4) is 11.5 Å². The van der Waals surface area contributed by atoms with Gasteiger partial charge in [0.25, 0.3) is 10.0 Å². The molecule has 0 spiro atoms. The standard InChI is InChI=1S/C24H25ClN2O5S/c1-31-20-11-8-18(9-12-20)14-15-26-24(28)17-27(22-16-19(25)10-13-23(22)32-2)33(29,30)21-6-4-3-5-7-21/h3-13,16H,14-15,17H2,1-2H3,(H,26,28). The van der Waals surface area contributed by atoms with Crippen LogP contribution in [0.1, 0.15) is 5.56 Å². The van der Waals surface area contributed by atoms with Crippen LogP contribution in [0.25, 0.3) is 0 Å². The second kappa shape index (κ2) is 11.1. The molecule has 0 aliphatic rings. The molecular formula is C24H25ClN2O5S. The van der Waals surface area contributed by atoms with E-state index in [-0.39, 0.29) is 16.3 Å². The van der Waals surface area contributed by atoms with E-state index in [9.17, 15) is 13.2 Å². The van der Waals surface area contributed by atoms with Crippen molar-refractivity contribution >= 4 is 33.2 Å². The van der Waals surface area contributed by atoms with Crippen molar-refractivity contribution in [3.05, 3.63) is 83.4 Å². The third-order valence-corrected chi connectivity index (χ3v) is 6.93. The first-order valence-corrected chi connectivity index (χ1v) is 12.0. The van der Waals surface area contributed by atoms with Crippen molar-refractivity contribution in [2.75, 3.05) is 31.6 Å². The van der Waals surface area contributed by atoms with Crippen molar-refractivity contribution in [1.82, 2.24) is 5.32 Å². The molecule has 0 radical (unpaired) electrons. The number of hydrogen-bond acceptors (Lipinski definition) is 5. The molecular weight excluding hydrogens is 464 g/mol. The summed E-state index contributed by atoms with van der Waals surface area (Å²) >= 11 is 6.14. The number of amides is 1. The van der Waals surface area contributed by atoms with Gasteiger partial charge >= 0.3 is 0 Å². The highest BCUT2D eigenvalue weighted by molar-refractivity contribution is 7.92. The lowest BCUT2D eigenvalue weighted by atomic mass is 10.1. The summed E-state index contributed by atoms with van der Waals surface area (Å²) in [6.45, 7) is -0.0897. The van der Waals surface area contributed by atoms with E-state index in [4.69, 9.17) is 21.1 Å². The predicted octanol–water partition coefficient (Wildman–Crippen LogP) is 3.91. The van der Waals surface area contributed by atoms with Crippen LogP contribution in [0.15, 0.2) is 77.7 Å². The number of carbonyl (C=O) groups is 1. The molecule has 1 N–H and O–H groups in total. The van der Waals surface area contributed by atoms with Crippen LogP contribution < -0.4 is 19.1 Å². The van der Waals surface area contributed by atoms with E-state index in [0.717, 1.165) is 15.6 Å². The summed E-state index contributed by atoms with van der Waals surface area (Å²) in [5, 5.41) is 3.10. The van der Waals surface area contributed by atoms with Gasteiger partial charge in [0, 0.05) is 11.6 Å². The first kappa shape index (κ1) is 24.4. The first-order chi connectivity index (χ1) is 15.8. The molecule has 33 heavy (non-hydrogen) atoms. The Morgan fingerprint density at radius 1 is 0.970 bits per heavy atom. The van der Waals surface area contributed by atoms with Crippen LogP contribution in [0.3, 0.4) is 0 Å². The van der Waals surface area contributed by atoms with Gasteiger partial charge in [-0.1, -0.05) is 41.9 Å². The zero-order chi connectivity index (χ0) is 23.8. The lowest BCUT2D eigenvalue weighted by Crippen LogP contribution is -2.41. The van der Waals surface area contributed by atoms with Gasteiger partial charge in [-0.3, -0.25) is 9.10 Å². The topological polar surface area (TPSA) is 84.9 Å². The Bertz CT molecular complexity index is 1190. The van der Waals surface area contributed by atoms with E-state index in [1.54, 1.807) is 37.4 Å². The average Bonchev–Trinajstić information content (AvgIpc) is 2.83. The van der Waals surface area contributed by atoms with Crippen LogP contribution in [0.2, 0.25) is 5.02 Å². The first-order valence-electron chi connectivity index (χ1n) is 10.2. The third-order valence-electron chi connectivity index (χ3n) is 4.92. The average molecular weight is 489 g/mol. The lowest BCUT2D eigenvalue weighted by Gasteiger charge is -2.26. The Kier molecular flexibility index (Phi) is 8.19. The minimum atomic E-state index is -4.06. The highest BCUT2D eigenvalue weighted by Crippen LogP contribution is 2.34. The fourth-order valence-electron chi connectivity index (χ4n) is 3.20. The smallest absolute Gasteiger partial charge is 0.264 e. The van der Waals surface area contributed by atoms with Crippen LogP contribution >= 0.6 is 11.6 Å². The summed E-state index contributed by atoms with van der Waals surface area (Å²) in [6.07, 6.45) is 0.585. The zero-order valence-electron chi connectivity index (χ0n) is 18.3. The minimum absolute atomic E-state index is 0.0538. The van der Waals surface area contributed by atoms with Gasteiger partial charge in [-0.2, -0.15) is 0 Å². The number of hydrogen-bond donors (Lipinski definition) is 1. The van der Waals surface area contributed by atoms with E-state index in [1.807, 2.05) is 24.3 Å². The van der Waals surface area contributed by atoms with Gasteiger partial charge < -0.3 is 14.8 Å². The maximum absolute atomic E-state index is 13.4. The molecule has 0 saturated heterocycles. The largest absolute Gasteiger partial charge is 0.497 e. The fourth-order valence-corrected chi connectivity index (χ4v) is 4.81. The minimum Gasteiger partial charge on any atom is -0.497 e. The van der Waals surface area contributed by atoms with E-state index < -0.39 is 22.5 Å². The van der Waals surface area contributed by atoms with E-state index in [2.05, 4.69) is 5.32 Å². The highest BCUT2D eigenvalue weighted by Gasteiger charge is 2.29. The molecule has 0 saturated carbocycles. The molecule has 0 aliphatic heterocycles. The van der Waals surface area contributed by atoms with Crippen LogP contribution in [0.4, 0.5) is 5.69 Å². The molecule has 7 nitrogen and oxygen atoms in total. The van der Waals surface area contributed by atoms with Gasteiger partial charge in [0.2, 0.25) is 5.91 Å². The number of ether oxygens (including phenoxy) is 2. The fraction of sp³-hybridized carbons (Fsp3) is 0.208. The second-order valence-electron chi connectivity index (χ2n) is 7.09. The van der Waals surface area contributed by atoms with E-state index in [0.29, 0.717) is 18.0 Å². The number of anilines is 1. The molecule has 174 valence electrons. The summed E-state index contributed by atoms with van der Waals surface area (Å²) in [6, 6.07) is 20.0. The Balaban J connectivity index is 1.81. The predicted molar refractivity (Wildman–Crippen MR) is 129 cm³/mol. The van der Waals surface area contributed by atoms with Gasteiger partial charge in [-0.05, 0) is 54.4 Å². The van der Waals surface area contributed by atoms with Gasteiger partial charge in [-0.15, -0.1) is 0 Å². The molecule has 9 heteroatoms. The van der Waals surface area contributed by atoms with Crippen molar-refractivity contribution in [2.45, 2.75) is 11.3 Å². The van der Waals surface area contributed by atoms with Crippen LogP contribution in [-0.4, -0.2) is 41.6 Å². The number of rotatable bonds is 10. The Labute approximate surface area is 198 Å². The number of methoxy groups -OCH3 is 2. The number of carbonyl (C=O) groups excluding carboxylic acids is 1. The molecule has 0 fully saturated rings. The van der Waals surface area contributed by atoms with Gasteiger partial charge in [0.1, 0.15) is 18.0 Å². The van der Waals surface area contributed by atoms with E-state index >= 15 is 0 Å². The lowest BCUT2D eigenvalue weighted by molar-refractivity contribution is -0.119. The Morgan fingerprint density at radius 3 is 2.30 bits per heavy atom. The Morgan fingerprint density at radius 2 is 1.67 bits per heavy atom. The third kappa shape index (κ3) is 6.18. The summed E-state index contributed by atoms with van der Waals surface area (Å²) in [7, 11) is -1.04. The molecule has 3 aromatic rings. The molecule has 0 aliphatic carbocycles. The zero-order valence-corrected chi connectivity index (χ0v) is 19.9. The van der Waals surface area contributed by atoms with Gasteiger partial charge in [-0.25, -0.2) is 8.42 Å². The SMILES string of the molecule is COc1ccc(CCNC(=O)CN(c2cc(Cl)ccc2OC)S(=O)(=O)c2ccccc2)cc1. The summed E-state index contributed by atoms with van der Waals surface area (Å²) < 4.78 is 38.4. The monoisotopic (exact) mass is 488 g/mol. The molecule has 0 unspecified atom stereocenters. The maximum atomic E-state index is 13.4. The van der Waals surface area contributed by atoms with Gasteiger partial charge in [0.05, 0.1) is 24.8 Å². The van der Waals surface area contributed by atoms with Crippen molar-refractivity contribution in [2.24, 2.45) is 0 Å². The highest BCUT2D eigenvalue weighted by atomic mass is 35.5. The summed E-state index contributed by atoms with van der Waals surface area (Å²) in [4.78, 5) is 12.8. The van der Waals surface area contributed by atoms with Gasteiger partial charge in [0.15, 0.2) is 0 Å². The van der Waals surface area contributed by atoms with Crippen molar-refractivity contribution in [3.63, 3.8) is 0 Å². The number of halogens is 1. The second-order valence-corrected chi connectivity index (χ2v) is 9.39. The molecule has 0 aromatic heterocycles. The van der Waals surface area contributed by atoms with Crippen molar-refractivity contribution < 1.29 is 22.7 Å². The number of sulfonamides is 1. The molecule has 3 rings (SSSR count). The molecule has 0 heterocycles. The number of benzene rings is 3. The molecule has 3 aromatic carbocycles. The quantitative estimate of drug-likeness (QED) is 0.467. The maximum Gasteiger partial charge on any atom is 0.264 e. The molecule has 0 atom stereocenters. The molecule has 1 amide bonds. The summed E-state index contributed by atoms with van der Waals surface area (Å²) in [5.41, 5.74) is 1.19. The molecule has 0 bridgehead atoms. The summed E-state index contributed by atoms with van der Waals surface area (Å²) in [5.74, 6) is 0.579. The van der Waals surface area contributed by atoms with E-state index in [1.165, 1.54) is 25.3 Å².